The average Bonchev–Trinajstić information content (AvgIpc) is 3.16. The van der Waals surface area contributed by atoms with Gasteiger partial charge in [-0.3, -0.25) is 4.79 Å². The first-order chi connectivity index (χ1) is 10.2. The summed E-state index contributed by atoms with van der Waals surface area (Å²) in [7, 11) is 0. The molecular formula is C14H17N5O2. The zero-order chi connectivity index (χ0) is 14.7. The second-order valence-corrected chi connectivity index (χ2v) is 5.03. The van der Waals surface area contributed by atoms with Gasteiger partial charge >= 0.3 is 0 Å². The Morgan fingerprint density at radius 1 is 1.43 bits per heavy atom. The SMILES string of the molecule is Cc1cc(C(=O)NCc2nccc(N3CCCC3)n2)no1. The summed E-state index contributed by atoms with van der Waals surface area (Å²) < 4.78 is 4.88. The van der Waals surface area contributed by atoms with E-state index in [2.05, 4.69) is 25.3 Å². The number of anilines is 1. The van der Waals surface area contributed by atoms with Crippen LogP contribution in [0.25, 0.3) is 0 Å². The molecule has 7 nitrogen and oxygen atoms in total. The lowest BCUT2D eigenvalue weighted by Crippen LogP contribution is -2.25. The first kappa shape index (κ1) is 13.5. The molecule has 21 heavy (non-hydrogen) atoms. The minimum absolute atomic E-state index is 0.267. The van der Waals surface area contributed by atoms with Crippen molar-refractivity contribution in [2.24, 2.45) is 0 Å². The van der Waals surface area contributed by atoms with Crippen molar-refractivity contribution in [3.05, 3.63) is 35.6 Å². The van der Waals surface area contributed by atoms with Crippen molar-refractivity contribution in [1.82, 2.24) is 20.4 Å². The lowest BCUT2D eigenvalue weighted by Gasteiger charge is -2.16. The summed E-state index contributed by atoms with van der Waals surface area (Å²) in [5, 5.41) is 6.41. The van der Waals surface area contributed by atoms with Gasteiger partial charge in [0.25, 0.3) is 5.91 Å². The van der Waals surface area contributed by atoms with E-state index in [1.165, 1.54) is 12.8 Å². The predicted octanol–water partition coefficient (Wildman–Crippen LogP) is 1.30. The van der Waals surface area contributed by atoms with Gasteiger partial charge in [-0.25, -0.2) is 9.97 Å². The van der Waals surface area contributed by atoms with Gasteiger partial charge in [0.15, 0.2) is 5.69 Å². The van der Waals surface area contributed by atoms with Crippen molar-refractivity contribution in [3.8, 4) is 0 Å². The maximum absolute atomic E-state index is 11.9. The van der Waals surface area contributed by atoms with Crippen LogP contribution in [0.2, 0.25) is 0 Å². The topological polar surface area (TPSA) is 84.2 Å². The van der Waals surface area contributed by atoms with E-state index in [4.69, 9.17) is 4.52 Å². The number of aromatic nitrogens is 3. The van der Waals surface area contributed by atoms with Crippen LogP contribution in [0, 0.1) is 6.92 Å². The summed E-state index contributed by atoms with van der Waals surface area (Å²) in [6.45, 7) is 4.07. The Balaban J connectivity index is 1.62. The molecule has 3 heterocycles. The van der Waals surface area contributed by atoms with Crippen LogP contribution in [-0.4, -0.2) is 34.1 Å². The van der Waals surface area contributed by atoms with Gasteiger partial charge in [-0.15, -0.1) is 0 Å². The Bertz CT molecular complexity index is 634. The van der Waals surface area contributed by atoms with Crippen LogP contribution < -0.4 is 10.2 Å². The lowest BCUT2D eigenvalue weighted by atomic mass is 10.3. The highest BCUT2D eigenvalue weighted by Crippen LogP contribution is 2.16. The van der Waals surface area contributed by atoms with E-state index in [0.717, 1.165) is 18.9 Å². The highest BCUT2D eigenvalue weighted by atomic mass is 16.5. The third-order valence-corrected chi connectivity index (χ3v) is 3.39. The Hall–Kier alpha value is -2.44. The van der Waals surface area contributed by atoms with Crippen LogP contribution in [0.1, 0.15) is 34.9 Å². The fourth-order valence-electron chi connectivity index (χ4n) is 2.32. The molecule has 110 valence electrons. The second kappa shape index (κ2) is 5.90. The Kier molecular flexibility index (Phi) is 3.81. The van der Waals surface area contributed by atoms with E-state index in [9.17, 15) is 4.79 Å². The first-order valence-corrected chi connectivity index (χ1v) is 7.01. The van der Waals surface area contributed by atoms with Gasteiger partial charge in [-0.2, -0.15) is 0 Å². The maximum Gasteiger partial charge on any atom is 0.273 e. The molecule has 7 heteroatoms. The highest BCUT2D eigenvalue weighted by Gasteiger charge is 2.15. The lowest BCUT2D eigenvalue weighted by molar-refractivity contribution is 0.0940. The molecule has 0 spiro atoms. The van der Waals surface area contributed by atoms with Crippen molar-refractivity contribution in [2.45, 2.75) is 26.3 Å². The first-order valence-electron chi connectivity index (χ1n) is 7.01. The summed E-state index contributed by atoms with van der Waals surface area (Å²) in [5.74, 6) is 1.83. The molecule has 3 rings (SSSR count). The van der Waals surface area contributed by atoms with Crippen molar-refractivity contribution in [1.29, 1.82) is 0 Å². The van der Waals surface area contributed by atoms with Crippen LogP contribution in [-0.2, 0) is 6.54 Å². The van der Waals surface area contributed by atoms with Crippen molar-refractivity contribution in [2.75, 3.05) is 18.0 Å². The van der Waals surface area contributed by atoms with E-state index in [-0.39, 0.29) is 18.1 Å². The number of amides is 1. The maximum atomic E-state index is 11.9. The number of aryl methyl sites for hydroxylation is 1. The molecule has 0 aromatic carbocycles. The molecule has 1 amide bonds. The molecule has 0 saturated carbocycles. The third-order valence-electron chi connectivity index (χ3n) is 3.39. The molecule has 2 aromatic rings. The Morgan fingerprint density at radius 3 is 2.95 bits per heavy atom. The standard InChI is InChI=1S/C14H17N5O2/c1-10-8-11(18-21-10)14(20)16-9-12-15-5-4-13(17-12)19-6-2-3-7-19/h4-5,8H,2-3,6-7,9H2,1H3,(H,16,20). The van der Waals surface area contributed by atoms with E-state index in [1.54, 1.807) is 19.2 Å². The number of carbonyl (C=O) groups is 1. The monoisotopic (exact) mass is 287 g/mol. The van der Waals surface area contributed by atoms with Gasteiger partial charge in [-0.1, -0.05) is 5.16 Å². The number of carbonyl (C=O) groups excluding carboxylic acids is 1. The molecule has 1 aliphatic rings. The number of hydrogen-bond acceptors (Lipinski definition) is 6. The predicted molar refractivity (Wildman–Crippen MR) is 75.9 cm³/mol. The molecule has 0 aliphatic carbocycles. The highest BCUT2D eigenvalue weighted by molar-refractivity contribution is 5.92. The molecule has 2 aromatic heterocycles. The van der Waals surface area contributed by atoms with E-state index in [1.807, 2.05) is 6.07 Å². The molecule has 0 radical (unpaired) electrons. The Labute approximate surface area is 122 Å². The van der Waals surface area contributed by atoms with Gasteiger partial charge in [-0.05, 0) is 25.8 Å². The van der Waals surface area contributed by atoms with Crippen molar-refractivity contribution < 1.29 is 9.32 Å². The minimum Gasteiger partial charge on any atom is -0.361 e. The molecular weight excluding hydrogens is 270 g/mol. The van der Waals surface area contributed by atoms with Gasteiger partial charge in [0.1, 0.15) is 17.4 Å². The summed E-state index contributed by atoms with van der Waals surface area (Å²) in [4.78, 5) is 22.8. The van der Waals surface area contributed by atoms with Crippen LogP contribution in [0.15, 0.2) is 22.9 Å². The molecule has 0 unspecified atom stereocenters. The number of nitrogens with zero attached hydrogens (tertiary/aromatic N) is 4. The van der Waals surface area contributed by atoms with E-state index >= 15 is 0 Å². The summed E-state index contributed by atoms with van der Waals surface area (Å²) >= 11 is 0. The average molecular weight is 287 g/mol. The third kappa shape index (κ3) is 3.18. The molecule has 1 N–H and O–H groups in total. The molecule has 1 aliphatic heterocycles. The number of nitrogens with one attached hydrogen (secondary N) is 1. The largest absolute Gasteiger partial charge is 0.361 e. The zero-order valence-corrected chi connectivity index (χ0v) is 11.9. The molecule has 1 saturated heterocycles. The molecule has 1 fully saturated rings. The number of hydrogen-bond donors (Lipinski definition) is 1. The van der Waals surface area contributed by atoms with Gasteiger partial charge in [0, 0.05) is 25.4 Å². The number of rotatable bonds is 4. The van der Waals surface area contributed by atoms with Gasteiger partial charge < -0.3 is 14.7 Å². The van der Waals surface area contributed by atoms with Gasteiger partial charge in [0.2, 0.25) is 0 Å². The fraction of sp³-hybridized carbons (Fsp3) is 0.429. The fourth-order valence-corrected chi connectivity index (χ4v) is 2.32. The Morgan fingerprint density at radius 2 is 2.24 bits per heavy atom. The van der Waals surface area contributed by atoms with Crippen LogP contribution in [0.4, 0.5) is 5.82 Å². The second-order valence-electron chi connectivity index (χ2n) is 5.03. The van der Waals surface area contributed by atoms with Gasteiger partial charge in [0.05, 0.1) is 6.54 Å². The van der Waals surface area contributed by atoms with Crippen LogP contribution in [0.5, 0.6) is 0 Å². The van der Waals surface area contributed by atoms with Crippen LogP contribution in [0.3, 0.4) is 0 Å². The molecule has 0 bridgehead atoms. The summed E-state index contributed by atoms with van der Waals surface area (Å²) in [6.07, 6.45) is 4.12. The van der Waals surface area contributed by atoms with Crippen LogP contribution >= 0.6 is 0 Å². The minimum atomic E-state index is -0.290. The normalized spacial score (nSPS) is 14.4. The quantitative estimate of drug-likeness (QED) is 0.912. The summed E-state index contributed by atoms with van der Waals surface area (Å²) in [6, 6.07) is 3.49. The van der Waals surface area contributed by atoms with E-state index < -0.39 is 0 Å². The zero-order valence-electron chi connectivity index (χ0n) is 11.9. The van der Waals surface area contributed by atoms with Crippen molar-refractivity contribution in [3.63, 3.8) is 0 Å². The van der Waals surface area contributed by atoms with Crippen molar-refractivity contribution >= 4 is 11.7 Å². The van der Waals surface area contributed by atoms with E-state index in [0.29, 0.717) is 11.6 Å². The summed E-state index contributed by atoms with van der Waals surface area (Å²) in [5.41, 5.74) is 0.267. The smallest absolute Gasteiger partial charge is 0.273 e. The molecule has 0 atom stereocenters.